The summed E-state index contributed by atoms with van der Waals surface area (Å²) in [5.74, 6) is -2.31. The molecule has 1 N–H and O–H groups in total. The second kappa shape index (κ2) is 5.43. The van der Waals surface area contributed by atoms with Gasteiger partial charge in [0.15, 0.2) is 0 Å². The number of thiophene rings is 1. The predicted molar refractivity (Wildman–Crippen MR) is 69.4 cm³/mol. The Morgan fingerprint density at radius 1 is 1.45 bits per heavy atom. The number of carboxylic acids is 1. The normalized spacial score (nSPS) is 10.3. The van der Waals surface area contributed by atoms with E-state index in [1.165, 1.54) is 11.4 Å². The van der Waals surface area contributed by atoms with E-state index in [4.69, 9.17) is 21.4 Å². The van der Waals surface area contributed by atoms with Crippen LogP contribution in [0.4, 0.5) is 10.1 Å². The molecular formula is C11H5ClFNO5S. The molecule has 0 aliphatic carbocycles. The number of benzene rings is 1. The maximum atomic E-state index is 13.3. The fourth-order valence-electron chi connectivity index (χ4n) is 1.35. The molecule has 0 saturated carbocycles. The average molecular weight is 318 g/mol. The highest BCUT2D eigenvalue weighted by atomic mass is 35.5. The Bertz CT molecular complexity index is 702. The van der Waals surface area contributed by atoms with Crippen LogP contribution >= 0.6 is 22.9 Å². The van der Waals surface area contributed by atoms with Gasteiger partial charge in [-0.25, -0.2) is 9.18 Å². The minimum absolute atomic E-state index is 0.00270. The van der Waals surface area contributed by atoms with Crippen molar-refractivity contribution < 1.29 is 24.0 Å². The van der Waals surface area contributed by atoms with E-state index in [2.05, 4.69) is 0 Å². The molecule has 104 valence electrons. The molecular weight excluding hydrogens is 313 g/mol. The Morgan fingerprint density at radius 2 is 2.15 bits per heavy atom. The topological polar surface area (TPSA) is 89.7 Å². The summed E-state index contributed by atoms with van der Waals surface area (Å²) >= 11 is 6.35. The zero-order chi connectivity index (χ0) is 14.9. The van der Waals surface area contributed by atoms with Gasteiger partial charge in [0.25, 0.3) is 0 Å². The second-order valence-electron chi connectivity index (χ2n) is 3.55. The Labute approximate surface area is 120 Å². The van der Waals surface area contributed by atoms with Crippen molar-refractivity contribution in [2.45, 2.75) is 0 Å². The molecule has 9 heteroatoms. The molecule has 0 fully saturated rings. The number of hydrogen-bond acceptors (Lipinski definition) is 5. The van der Waals surface area contributed by atoms with Crippen molar-refractivity contribution >= 4 is 34.6 Å². The summed E-state index contributed by atoms with van der Waals surface area (Å²) in [5, 5.41) is 20.5. The maximum Gasteiger partial charge on any atom is 0.346 e. The molecule has 20 heavy (non-hydrogen) atoms. The van der Waals surface area contributed by atoms with Crippen LogP contribution in [0.5, 0.6) is 11.5 Å². The summed E-state index contributed by atoms with van der Waals surface area (Å²) in [5.41, 5.74) is -0.514. The molecule has 0 aliphatic rings. The van der Waals surface area contributed by atoms with Crippen molar-refractivity contribution in [3.8, 4) is 11.5 Å². The van der Waals surface area contributed by atoms with Gasteiger partial charge in [-0.05, 0) is 0 Å². The largest absolute Gasteiger partial charge is 0.477 e. The molecule has 1 aromatic heterocycles. The van der Waals surface area contributed by atoms with Crippen LogP contribution in [0.3, 0.4) is 0 Å². The van der Waals surface area contributed by atoms with Crippen LogP contribution in [0, 0.1) is 15.9 Å². The van der Waals surface area contributed by atoms with Crippen molar-refractivity contribution in [1.82, 2.24) is 0 Å². The molecule has 1 aromatic carbocycles. The lowest BCUT2D eigenvalue weighted by Crippen LogP contribution is -1.95. The molecule has 0 saturated heterocycles. The molecule has 2 rings (SSSR count). The maximum absolute atomic E-state index is 13.3. The summed E-state index contributed by atoms with van der Waals surface area (Å²) in [6.07, 6.45) is 0. The van der Waals surface area contributed by atoms with Gasteiger partial charge >= 0.3 is 11.7 Å². The van der Waals surface area contributed by atoms with Gasteiger partial charge in [0.05, 0.1) is 9.95 Å². The van der Waals surface area contributed by atoms with Crippen molar-refractivity contribution in [3.05, 3.63) is 49.4 Å². The van der Waals surface area contributed by atoms with Gasteiger partial charge in [-0.2, -0.15) is 0 Å². The Hall–Kier alpha value is -2.19. The van der Waals surface area contributed by atoms with Crippen molar-refractivity contribution in [3.63, 3.8) is 0 Å². The van der Waals surface area contributed by atoms with E-state index in [0.717, 1.165) is 23.5 Å². The van der Waals surface area contributed by atoms with Crippen molar-refractivity contribution in [2.75, 3.05) is 0 Å². The van der Waals surface area contributed by atoms with E-state index in [0.29, 0.717) is 0 Å². The first-order chi connectivity index (χ1) is 9.38. The van der Waals surface area contributed by atoms with Crippen molar-refractivity contribution in [1.29, 1.82) is 0 Å². The molecule has 0 amide bonds. The van der Waals surface area contributed by atoms with E-state index in [1.807, 2.05) is 0 Å². The number of nitro benzene ring substituents is 1. The van der Waals surface area contributed by atoms with Gasteiger partial charge in [-0.15, -0.1) is 11.3 Å². The van der Waals surface area contributed by atoms with Crippen LogP contribution < -0.4 is 4.74 Å². The minimum atomic E-state index is -1.15. The number of carbonyl (C=O) groups is 1. The number of hydrogen-bond donors (Lipinski definition) is 1. The van der Waals surface area contributed by atoms with E-state index < -0.39 is 27.4 Å². The van der Waals surface area contributed by atoms with Crippen LogP contribution in [0.15, 0.2) is 23.6 Å². The average Bonchev–Trinajstić information content (AvgIpc) is 2.82. The first kappa shape index (κ1) is 14.2. The molecule has 6 nitrogen and oxygen atoms in total. The number of aromatic carboxylic acids is 1. The summed E-state index contributed by atoms with van der Waals surface area (Å²) in [6.45, 7) is 0. The Balaban J connectivity index is 2.39. The third-order valence-corrected chi connectivity index (χ3v) is 3.40. The lowest BCUT2D eigenvalue weighted by molar-refractivity contribution is -0.385. The molecule has 0 aliphatic heterocycles. The van der Waals surface area contributed by atoms with Gasteiger partial charge in [0, 0.05) is 23.6 Å². The van der Waals surface area contributed by atoms with Crippen LogP contribution in [0.25, 0.3) is 0 Å². The minimum Gasteiger partial charge on any atom is -0.477 e. The summed E-state index contributed by atoms with van der Waals surface area (Å²) in [6, 6.07) is 2.79. The molecule has 0 atom stereocenters. The molecule has 0 unspecified atom stereocenters. The summed E-state index contributed by atoms with van der Waals surface area (Å²) in [4.78, 5) is 20.8. The summed E-state index contributed by atoms with van der Waals surface area (Å²) in [7, 11) is 0. The van der Waals surface area contributed by atoms with Crippen LogP contribution in [0.2, 0.25) is 5.02 Å². The smallest absolute Gasteiger partial charge is 0.346 e. The fraction of sp³-hybridized carbons (Fsp3) is 0. The van der Waals surface area contributed by atoms with Gasteiger partial charge < -0.3 is 9.84 Å². The quantitative estimate of drug-likeness (QED) is 0.681. The molecule has 0 spiro atoms. The van der Waals surface area contributed by atoms with E-state index in [1.54, 1.807) is 0 Å². The number of nitro groups is 1. The lowest BCUT2D eigenvalue weighted by Gasteiger charge is -2.05. The molecule has 2 aromatic rings. The third kappa shape index (κ3) is 2.86. The van der Waals surface area contributed by atoms with E-state index >= 15 is 0 Å². The van der Waals surface area contributed by atoms with E-state index in [-0.39, 0.29) is 16.4 Å². The molecule has 0 bridgehead atoms. The lowest BCUT2D eigenvalue weighted by atomic mass is 10.3. The Kier molecular flexibility index (Phi) is 3.86. The van der Waals surface area contributed by atoms with Crippen molar-refractivity contribution in [2.24, 2.45) is 0 Å². The van der Waals surface area contributed by atoms with Gasteiger partial charge in [-0.1, -0.05) is 11.6 Å². The van der Waals surface area contributed by atoms with E-state index in [9.17, 15) is 19.3 Å². The highest BCUT2D eigenvalue weighted by Gasteiger charge is 2.20. The summed E-state index contributed by atoms with van der Waals surface area (Å²) < 4.78 is 18.5. The zero-order valence-corrected chi connectivity index (χ0v) is 11.1. The van der Waals surface area contributed by atoms with Crippen LogP contribution in [0.1, 0.15) is 9.67 Å². The number of halogens is 2. The van der Waals surface area contributed by atoms with Gasteiger partial charge in [0.2, 0.25) is 5.75 Å². The first-order valence-electron chi connectivity index (χ1n) is 5.01. The SMILES string of the molecule is O=C(O)c1cc(Oc2cc(F)c(Cl)cc2[N+](=O)[O-])cs1. The highest BCUT2D eigenvalue weighted by molar-refractivity contribution is 7.12. The number of ether oxygens (including phenoxy) is 1. The van der Waals surface area contributed by atoms with Crippen LogP contribution in [-0.2, 0) is 0 Å². The second-order valence-corrected chi connectivity index (χ2v) is 4.86. The zero-order valence-electron chi connectivity index (χ0n) is 9.50. The van der Waals surface area contributed by atoms with Gasteiger partial charge in [0.1, 0.15) is 16.4 Å². The van der Waals surface area contributed by atoms with Crippen LogP contribution in [-0.4, -0.2) is 16.0 Å². The standard InChI is InChI=1S/C11H5ClFNO5S/c12-6-2-8(14(17)18)9(3-7(6)13)19-5-1-10(11(15)16)20-4-5/h1-4H,(H,15,16). The molecule has 0 radical (unpaired) electrons. The third-order valence-electron chi connectivity index (χ3n) is 2.21. The fourth-order valence-corrected chi connectivity index (χ4v) is 2.16. The highest BCUT2D eigenvalue weighted by Crippen LogP contribution is 2.36. The number of carboxylic acid groups (broad SMARTS) is 1. The predicted octanol–water partition coefficient (Wildman–Crippen LogP) is 3.94. The van der Waals surface area contributed by atoms with Gasteiger partial charge in [-0.3, -0.25) is 10.1 Å². The monoisotopic (exact) mass is 317 g/mol. The molecule has 1 heterocycles. The Morgan fingerprint density at radius 3 is 2.70 bits per heavy atom. The first-order valence-corrected chi connectivity index (χ1v) is 6.27. The number of rotatable bonds is 4. The number of nitrogens with zero attached hydrogens (tertiary/aromatic N) is 1.